The first kappa shape index (κ1) is 24.4. The van der Waals surface area contributed by atoms with Crippen molar-refractivity contribution in [3.05, 3.63) is 95.1 Å². The Morgan fingerprint density at radius 2 is 2.00 bits per heavy atom. The van der Waals surface area contributed by atoms with Gasteiger partial charge in [0.15, 0.2) is 6.10 Å². The Kier molecular flexibility index (Phi) is 7.75. The Bertz CT molecular complexity index is 1190. The van der Waals surface area contributed by atoms with Gasteiger partial charge in [-0.2, -0.15) is 0 Å². The molecule has 4 rings (SSSR count). The third kappa shape index (κ3) is 5.67. The minimum absolute atomic E-state index is 0.0107. The molecule has 0 saturated heterocycles. The zero-order valence-corrected chi connectivity index (χ0v) is 20.0. The summed E-state index contributed by atoms with van der Waals surface area (Å²) in [5, 5.41) is 2.88. The number of amides is 2. The summed E-state index contributed by atoms with van der Waals surface area (Å²) in [4.78, 5) is 31.6. The number of carbonyl (C=O) groups excluding carboxylic acids is 2. The first-order valence-corrected chi connectivity index (χ1v) is 12.0. The summed E-state index contributed by atoms with van der Waals surface area (Å²) in [6, 6.07) is 17.2. The van der Waals surface area contributed by atoms with E-state index in [2.05, 4.69) is 10.3 Å². The van der Waals surface area contributed by atoms with Gasteiger partial charge in [0.1, 0.15) is 11.6 Å². The van der Waals surface area contributed by atoms with Gasteiger partial charge in [0.05, 0.1) is 18.3 Å². The predicted octanol–water partition coefficient (Wildman–Crippen LogP) is 4.58. The minimum atomic E-state index is -0.679. The quantitative estimate of drug-likeness (QED) is 0.518. The molecule has 0 aliphatic carbocycles. The Morgan fingerprint density at radius 3 is 2.71 bits per heavy atom. The fraction of sp³-hybridized carbons (Fsp3) is 0.321. The lowest BCUT2D eigenvalue weighted by Gasteiger charge is -2.38. The largest absolute Gasteiger partial charge is 0.481 e. The summed E-state index contributed by atoms with van der Waals surface area (Å²) in [6.07, 6.45) is 2.56. The standard InChI is InChI=1S/C28H30FN3O3/c1-3-25(28(34)31-18-22-10-5-6-14-30-22)35-23-12-11-19-13-15-32(26(33)4-2)27(24(19)17-23)20-8-7-9-21(29)16-20/h5-12,14,16-17,25,27H,3-4,13,15,18H2,1-2H3,(H,31,34). The average molecular weight is 476 g/mol. The molecule has 2 amide bonds. The zero-order valence-electron chi connectivity index (χ0n) is 20.0. The van der Waals surface area contributed by atoms with E-state index in [1.165, 1.54) is 12.1 Å². The molecule has 7 heteroatoms. The number of pyridine rings is 1. The summed E-state index contributed by atoms with van der Waals surface area (Å²) in [7, 11) is 0. The number of nitrogens with one attached hydrogen (secondary N) is 1. The van der Waals surface area contributed by atoms with Crippen molar-refractivity contribution in [1.82, 2.24) is 15.2 Å². The number of carbonyl (C=O) groups is 2. The van der Waals surface area contributed by atoms with Crippen LogP contribution >= 0.6 is 0 Å². The van der Waals surface area contributed by atoms with E-state index in [0.717, 1.165) is 16.8 Å². The van der Waals surface area contributed by atoms with Crippen LogP contribution in [0.15, 0.2) is 66.9 Å². The molecule has 0 bridgehead atoms. The van der Waals surface area contributed by atoms with E-state index in [0.29, 0.717) is 43.7 Å². The fourth-order valence-corrected chi connectivity index (χ4v) is 4.46. The lowest BCUT2D eigenvalue weighted by molar-refractivity contribution is -0.133. The van der Waals surface area contributed by atoms with Crippen molar-refractivity contribution in [1.29, 1.82) is 0 Å². The van der Waals surface area contributed by atoms with Crippen LogP contribution in [0.4, 0.5) is 4.39 Å². The monoisotopic (exact) mass is 475 g/mol. The van der Waals surface area contributed by atoms with Gasteiger partial charge in [0.25, 0.3) is 5.91 Å². The highest BCUT2D eigenvalue weighted by molar-refractivity contribution is 5.81. The maximum atomic E-state index is 14.1. The van der Waals surface area contributed by atoms with E-state index >= 15 is 0 Å². The van der Waals surface area contributed by atoms with E-state index in [9.17, 15) is 14.0 Å². The van der Waals surface area contributed by atoms with Crippen LogP contribution in [0.3, 0.4) is 0 Å². The van der Waals surface area contributed by atoms with Gasteiger partial charge < -0.3 is 15.0 Å². The van der Waals surface area contributed by atoms with Gasteiger partial charge in [-0.3, -0.25) is 14.6 Å². The first-order chi connectivity index (χ1) is 17.0. The topological polar surface area (TPSA) is 71.5 Å². The molecule has 0 spiro atoms. The van der Waals surface area contributed by atoms with Crippen LogP contribution in [-0.4, -0.2) is 34.3 Å². The molecule has 35 heavy (non-hydrogen) atoms. The molecule has 0 fully saturated rings. The Labute approximate surface area is 205 Å². The number of nitrogens with zero attached hydrogens (tertiary/aromatic N) is 2. The number of benzene rings is 2. The molecule has 0 saturated carbocycles. The van der Waals surface area contributed by atoms with Gasteiger partial charge in [0, 0.05) is 19.2 Å². The Balaban J connectivity index is 1.58. The highest BCUT2D eigenvalue weighted by atomic mass is 19.1. The SMILES string of the molecule is CCC(=O)N1CCc2ccc(OC(CC)C(=O)NCc3ccccn3)cc2C1c1cccc(F)c1. The van der Waals surface area contributed by atoms with Crippen molar-refractivity contribution in [3.63, 3.8) is 0 Å². The molecule has 6 nitrogen and oxygen atoms in total. The second kappa shape index (κ2) is 11.1. The van der Waals surface area contributed by atoms with Gasteiger partial charge in [-0.1, -0.05) is 38.1 Å². The smallest absolute Gasteiger partial charge is 0.261 e. The third-order valence-electron chi connectivity index (χ3n) is 6.24. The zero-order chi connectivity index (χ0) is 24.8. The predicted molar refractivity (Wildman–Crippen MR) is 131 cm³/mol. The maximum absolute atomic E-state index is 14.1. The second-order valence-corrected chi connectivity index (χ2v) is 8.56. The molecule has 1 aromatic heterocycles. The fourth-order valence-electron chi connectivity index (χ4n) is 4.46. The molecule has 1 N–H and O–H groups in total. The van der Waals surface area contributed by atoms with Crippen molar-refractivity contribution in [3.8, 4) is 5.75 Å². The summed E-state index contributed by atoms with van der Waals surface area (Å²) >= 11 is 0. The van der Waals surface area contributed by atoms with Crippen molar-refractivity contribution < 1.29 is 18.7 Å². The maximum Gasteiger partial charge on any atom is 0.261 e. The van der Waals surface area contributed by atoms with Crippen LogP contribution < -0.4 is 10.1 Å². The molecule has 1 aliphatic heterocycles. The highest BCUT2D eigenvalue weighted by Gasteiger charge is 2.32. The Hall–Kier alpha value is -3.74. The normalized spacial score (nSPS) is 15.7. The van der Waals surface area contributed by atoms with Crippen LogP contribution in [0, 0.1) is 5.82 Å². The van der Waals surface area contributed by atoms with Crippen molar-refractivity contribution in [2.75, 3.05) is 6.54 Å². The van der Waals surface area contributed by atoms with E-state index < -0.39 is 12.1 Å². The van der Waals surface area contributed by atoms with Crippen LogP contribution in [0.25, 0.3) is 0 Å². The van der Waals surface area contributed by atoms with E-state index in [1.807, 2.05) is 56.3 Å². The molecule has 1 aliphatic rings. The highest BCUT2D eigenvalue weighted by Crippen LogP contribution is 2.38. The van der Waals surface area contributed by atoms with Gasteiger partial charge in [0.2, 0.25) is 5.91 Å². The first-order valence-electron chi connectivity index (χ1n) is 12.0. The van der Waals surface area contributed by atoms with Gasteiger partial charge in [-0.25, -0.2) is 4.39 Å². The van der Waals surface area contributed by atoms with Crippen LogP contribution in [0.5, 0.6) is 5.75 Å². The molecule has 0 radical (unpaired) electrons. The molecule has 2 atom stereocenters. The number of hydrogen-bond acceptors (Lipinski definition) is 4. The third-order valence-corrected chi connectivity index (χ3v) is 6.24. The van der Waals surface area contributed by atoms with Crippen LogP contribution in [0.2, 0.25) is 0 Å². The van der Waals surface area contributed by atoms with E-state index in [1.54, 1.807) is 17.2 Å². The number of aromatic nitrogens is 1. The Morgan fingerprint density at radius 1 is 1.14 bits per heavy atom. The number of fused-ring (bicyclic) bond motifs is 1. The molecule has 2 aromatic carbocycles. The minimum Gasteiger partial charge on any atom is -0.481 e. The number of ether oxygens (including phenoxy) is 1. The summed E-state index contributed by atoms with van der Waals surface area (Å²) in [6.45, 7) is 4.60. The number of hydrogen-bond donors (Lipinski definition) is 1. The van der Waals surface area contributed by atoms with Crippen LogP contribution in [-0.2, 0) is 22.6 Å². The lowest BCUT2D eigenvalue weighted by atomic mass is 9.87. The molecule has 2 unspecified atom stereocenters. The summed E-state index contributed by atoms with van der Waals surface area (Å²) < 4.78 is 20.2. The molecular formula is C28H30FN3O3. The van der Waals surface area contributed by atoms with Crippen LogP contribution in [0.1, 0.15) is 55.1 Å². The van der Waals surface area contributed by atoms with Gasteiger partial charge in [-0.15, -0.1) is 0 Å². The van der Waals surface area contributed by atoms with Gasteiger partial charge in [-0.05, 0) is 65.9 Å². The van der Waals surface area contributed by atoms with E-state index in [4.69, 9.17) is 4.74 Å². The molecule has 3 aromatic rings. The van der Waals surface area contributed by atoms with Crippen molar-refractivity contribution >= 4 is 11.8 Å². The average Bonchev–Trinajstić information content (AvgIpc) is 2.89. The van der Waals surface area contributed by atoms with Crippen molar-refractivity contribution in [2.45, 2.75) is 51.8 Å². The van der Waals surface area contributed by atoms with Gasteiger partial charge >= 0.3 is 0 Å². The molecule has 182 valence electrons. The lowest BCUT2D eigenvalue weighted by Crippen LogP contribution is -2.40. The second-order valence-electron chi connectivity index (χ2n) is 8.56. The van der Waals surface area contributed by atoms with Crippen molar-refractivity contribution in [2.24, 2.45) is 0 Å². The summed E-state index contributed by atoms with van der Waals surface area (Å²) in [5.74, 6) is -0.0192. The molecular weight excluding hydrogens is 445 g/mol. The number of halogens is 1. The summed E-state index contributed by atoms with van der Waals surface area (Å²) in [5.41, 5.74) is 3.46. The van der Waals surface area contributed by atoms with E-state index in [-0.39, 0.29) is 17.6 Å². The number of rotatable bonds is 8. The molecule has 2 heterocycles.